The summed E-state index contributed by atoms with van der Waals surface area (Å²) < 4.78 is 5.67. The van der Waals surface area contributed by atoms with Crippen molar-refractivity contribution < 1.29 is 9.84 Å². The molecule has 1 unspecified atom stereocenters. The van der Waals surface area contributed by atoms with Gasteiger partial charge >= 0.3 is 0 Å². The highest BCUT2D eigenvalue weighted by atomic mass is 16.5. The summed E-state index contributed by atoms with van der Waals surface area (Å²) >= 11 is 0. The molecule has 100 valence electrons. The molecule has 0 amide bonds. The van der Waals surface area contributed by atoms with E-state index in [4.69, 9.17) is 4.74 Å². The second-order valence-corrected chi connectivity index (χ2v) is 5.77. The van der Waals surface area contributed by atoms with Gasteiger partial charge in [0.2, 0.25) is 0 Å². The summed E-state index contributed by atoms with van der Waals surface area (Å²) in [7, 11) is 0. The lowest BCUT2D eigenvalue weighted by Crippen LogP contribution is -2.30. The maximum atomic E-state index is 9.90. The largest absolute Gasteiger partial charge is 0.391 e. The Labute approximate surface area is 105 Å². The van der Waals surface area contributed by atoms with Crippen molar-refractivity contribution in [3.05, 3.63) is 0 Å². The third kappa shape index (κ3) is 4.94. The molecule has 2 fully saturated rings. The van der Waals surface area contributed by atoms with E-state index in [0.29, 0.717) is 12.5 Å². The van der Waals surface area contributed by atoms with E-state index in [0.717, 1.165) is 32.0 Å². The molecule has 0 bridgehead atoms. The minimum atomic E-state index is -0.236. The third-order valence-electron chi connectivity index (χ3n) is 4.20. The average molecular weight is 241 g/mol. The van der Waals surface area contributed by atoms with E-state index in [1.165, 1.54) is 38.5 Å². The van der Waals surface area contributed by atoms with E-state index in [1.54, 1.807) is 0 Å². The van der Waals surface area contributed by atoms with Crippen molar-refractivity contribution in [2.24, 2.45) is 11.8 Å². The Balaban J connectivity index is 1.51. The Morgan fingerprint density at radius 2 is 1.76 bits per heavy atom. The average Bonchev–Trinajstić information content (AvgIpc) is 2.83. The summed E-state index contributed by atoms with van der Waals surface area (Å²) in [5.74, 6) is 1.46. The Morgan fingerprint density at radius 1 is 1.06 bits per heavy atom. The lowest BCUT2D eigenvalue weighted by molar-refractivity contribution is 0.00691. The Hall–Kier alpha value is -0.120. The SMILES string of the molecule is OC(COCC1CCNCC1)CC1CCCC1. The normalized spacial score (nSPS) is 25.2. The van der Waals surface area contributed by atoms with Gasteiger partial charge in [-0.25, -0.2) is 0 Å². The molecule has 1 saturated carbocycles. The van der Waals surface area contributed by atoms with Crippen LogP contribution in [-0.2, 0) is 4.74 Å². The van der Waals surface area contributed by atoms with Crippen molar-refractivity contribution in [1.82, 2.24) is 5.32 Å². The van der Waals surface area contributed by atoms with Crippen molar-refractivity contribution in [3.8, 4) is 0 Å². The second kappa shape index (κ2) is 7.34. The molecule has 1 atom stereocenters. The number of piperidine rings is 1. The fraction of sp³-hybridized carbons (Fsp3) is 1.00. The van der Waals surface area contributed by atoms with Crippen LogP contribution in [0.15, 0.2) is 0 Å². The molecular formula is C14H27NO2. The monoisotopic (exact) mass is 241 g/mol. The highest BCUT2D eigenvalue weighted by Crippen LogP contribution is 2.28. The van der Waals surface area contributed by atoms with Gasteiger partial charge in [-0.1, -0.05) is 25.7 Å². The fourth-order valence-electron chi connectivity index (χ4n) is 3.12. The summed E-state index contributed by atoms with van der Waals surface area (Å²) in [5.41, 5.74) is 0. The Morgan fingerprint density at radius 3 is 2.47 bits per heavy atom. The molecule has 0 aromatic carbocycles. The molecule has 2 rings (SSSR count). The van der Waals surface area contributed by atoms with Crippen LogP contribution in [0, 0.1) is 11.8 Å². The van der Waals surface area contributed by atoms with Crippen molar-refractivity contribution in [3.63, 3.8) is 0 Å². The molecule has 0 spiro atoms. The van der Waals surface area contributed by atoms with Gasteiger partial charge in [0.25, 0.3) is 0 Å². The van der Waals surface area contributed by atoms with Crippen LogP contribution in [0.5, 0.6) is 0 Å². The highest BCUT2D eigenvalue weighted by molar-refractivity contribution is 4.71. The third-order valence-corrected chi connectivity index (χ3v) is 4.20. The Bertz CT molecular complexity index is 198. The lowest BCUT2D eigenvalue weighted by Gasteiger charge is -2.23. The van der Waals surface area contributed by atoms with Crippen LogP contribution in [0.1, 0.15) is 44.9 Å². The molecule has 1 aliphatic heterocycles. The quantitative estimate of drug-likeness (QED) is 0.747. The van der Waals surface area contributed by atoms with E-state index >= 15 is 0 Å². The maximum absolute atomic E-state index is 9.90. The first-order valence-corrected chi connectivity index (χ1v) is 7.31. The van der Waals surface area contributed by atoms with Gasteiger partial charge in [-0.05, 0) is 44.2 Å². The van der Waals surface area contributed by atoms with Crippen molar-refractivity contribution in [1.29, 1.82) is 0 Å². The summed E-state index contributed by atoms with van der Waals surface area (Å²) in [4.78, 5) is 0. The molecule has 1 aliphatic carbocycles. The van der Waals surface area contributed by atoms with Gasteiger partial charge in [0, 0.05) is 6.61 Å². The smallest absolute Gasteiger partial charge is 0.0776 e. The number of aliphatic hydroxyl groups is 1. The van der Waals surface area contributed by atoms with E-state index in [-0.39, 0.29) is 6.10 Å². The minimum Gasteiger partial charge on any atom is -0.391 e. The number of aliphatic hydroxyl groups excluding tert-OH is 1. The molecular weight excluding hydrogens is 214 g/mol. The molecule has 3 nitrogen and oxygen atoms in total. The van der Waals surface area contributed by atoms with E-state index in [2.05, 4.69) is 5.32 Å². The van der Waals surface area contributed by atoms with Crippen molar-refractivity contribution in [2.75, 3.05) is 26.3 Å². The first-order valence-electron chi connectivity index (χ1n) is 7.31. The summed E-state index contributed by atoms with van der Waals surface area (Å²) in [5, 5.41) is 13.3. The Kier molecular flexibility index (Phi) is 5.75. The molecule has 1 heterocycles. The van der Waals surface area contributed by atoms with Gasteiger partial charge in [-0.15, -0.1) is 0 Å². The summed E-state index contributed by atoms with van der Waals surface area (Å²) in [6.45, 7) is 3.63. The lowest BCUT2D eigenvalue weighted by atomic mass is 9.99. The van der Waals surface area contributed by atoms with Gasteiger partial charge in [0.1, 0.15) is 0 Å². The van der Waals surface area contributed by atoms with Crippen LogP contribution in [0.4, 0.5) is 0 Å². The zero-order chi connectivity index (χ0) is 11.9. The molecule has 0 aromatic heterocycles. The molecule has 2 N–H and O–H groups in total. The molecule has 0 aromatic rings. The fourth-order valence-corrected chi connectivity index (χ4v) is 3.12. The van der Waals surface area contributed by atoms with Gasteiger partial charge in [0.15, 0.2) is 0 Å². The van der Waals surface area contributed by atoms with E-state index < -0.39 is 0 Å². The number of ether oxygens (including phenoxy) is 1. The first-order chi connectivity index (χ1) is 8.34. The number of hydrogen-bond donors (Lipinski definition) is 2. The van der Waals surface area contributed by atoms with Crippen LogP contribution in [0.25, 0.3) is 0 Å². The predicted molar refractivity (Wildman–Crippen MR) is 69.0 cm³/mol. The first kappa shape index (κ1) is 13.3. The van der Waals surface area contributed by atoms with Crippen LogP contribution in [-0.4, -0.2) is 37.5 Å². The number of rotatable bonds is 6. The summed E-state index contributed by atoms with van der Waals surface area (Å²) in [6.07, 6.45) is 8.49. The predicted octanol–water partition coefficient (Wildman–Crippen LogP) is 1.94. The van der Waals surface area contributed by atoms with Crippen molar-refractivity contribution in [2.45, 2.75) is 51.0 Å². The number of hydrogen-bond acceptors (Lipinski definition) is 3. The van der Waals surface area contributed by atoms with Crippen LogP contribution >= 0.6 is 0 Å². The molecule has 3 heteroatoms. The van der Waals surface area contributed by atoms with Gasteiger partial charge in [0.05, 0.1) is 12.7 Å². The standard InChI is InChI=1S/C14H27NO2/c16-14(9-12-3-1-2-4-12)11-17-10-13-5-7-15-8-6-13/h12-16H,1-11H2. The summed E-state index contributed by atoms with van der Waals surface area (Å²) in [6, 6.07) is 0. The van der Waals surface area contributed by atoms with Crippen LogP contribution in [0.3, 0.4) is 0 Å². The van der Waals surface area contributed by atoms with E-state index in [9.17, 15) is 5.11 Å². The minimum absolute atomic E-state index is 0.236. The van der Waals surface area contributed by atoms with Crippen LogP contribution < -0.4 is 5.32 Å². The molecule has 2 aliphatic rings. The maximum Gasteiger partial charge on any atom is 0.0776 e. The molecule has 17 heavy (non-hydrogen) atoms. The highest BCUT2D eigenvalue weighted by Gasteiger charge is 2.19. The van der Waals surface area contributed by atoms with Crippen molar-refractivity contribution >= 4 is 0 Å². The zero-order valence-electron chi connectivity index (χ0n) is 10.9. The molecule has 1 saturated heterocycles. The second-order valence-electron chi connectivity index (χ2n) is 5.77. The van der Waals surface area contributed by atoms with E-state index in [1.807, 2.05) is 0 Å². The topological polar surface area (TPSA) is 41.5 Å². The number of nitrogens with one attached hydrogen (secondary N) is 1. The van der Waals surface area contributed by atoms with Gasteiger partial charge < -0.3 is 15.2 Å². The zero-order valence-corrected chi connectivity index (χ0v) is 10.9. The molecule has 0 radical (unpaired) electrons. The van der Waals surface area contributed by atoms with Gasteiger partial charge in [-0.3, -0.25) is 0 Å². The van der Waals surface area contributed by atoms with Gasteiger partial charge in [-0.2, -0.15) is 0 Å². The van der Waals surface area contributed by atoms with Crippen LogP contribution in [0.2, 0.25) is 0 Å².